The average molecular weight is 215 g/mol. The molecule has 0 unspecified atom stereocenters. The van der Waals surface area contributed by atoms with Crippen molar-refractivity contribution < 1.29 is 0 Å². The van der Waals surface area contributed by atoms with Gasteiger partial charge in [0.05, 0.1) is 0 Å². The van der Waals surface area contributed by atoms with E-state index in [1.807, 2.05) is 12.1 Å². The quantitative estimate of drug-likeness (QED) is 0.729. The molecule has 1 aliphatic heterocycles. The van der Waals surface area contributed by atoms with Crippen LogP contribution in [-0.2, 0) is 0 Å². The zero-order chi connectivity index (χ0) is 11.0. The average Bonchev–Trinajstić information content (AvgIpc) is 3.08. The number of anilines is 1. The summed E-state index contributed by atoms with van der Waals surface area (Å²) < 4.78 is 0. The van der Waals surface area contributed by atoms with Crippen molar-refractivity contribution in [3.05, 3.63) is 18.1 Å². The van der Waals surface area contributed by atoms with Gasteiger partial charge in [-0.1, -0.05) is 0 Å². The Bertz CT molecular complexity index is 446. The molecular weight excluding hydrogens is 202 g/mol. The van der Waals surface area contributed by atoms with Crippen molar-refractivity contribution >= 4 is 5.82 Å². The van der Waals surface area contributed by atoms with Crippen molar-refractivity contribution in [1.29, 1.82) is 5.26 Å². The summed E-state index contributed by atoms with van der Waals surface area (Å²) in [7, 11) is 0. The van der Waals surface area contributed by atoms with Gasteiger partial charge < -0.3 is 10.2 Å². The molecule has 2 aliphatic rings. The molecule has 82 valence electrons. The summed E-state index contributed by atoms with van der Waals surface area (Å²) in [6, 6.07) is 3.86. The van der Waals surface area contributed by atoms with E-state index in [0.29, 0.717) is 5.54 Å². The summed E-state index contributed by atoms with van der Waals surface area (Å²) in [5, 5.41) is 12.3. The van der Waals surface area contributed by atoms with Crippen LogP contribution < -0.4 is 10.2 Å². The van der Waals surface area contributed by atoms with Crippen LogP contribution in [0.5, 0.6) is 0 Å². The Morgan fingerprint density at radius 2 is 2.38 bits per heavy atom. The molecule has 1 saturated heterocycles. The van der Waals surface area contributed by atoms with Crippen LogP contribution in [0.15, 0.2) is 12.3 Å². The standard InChI is InChI=1S/C11H13N5/c12-7-9-13-4-1-10(15-9)16-6-5-14-11(8-16)2-3-11/h1,4,14H,2-3,5-6,8H2. The van der Waals surface area contributed by atoms with Crippen LogP contribution in [0.4, 0.5) is 5.82 Å². The van der Waals surface area contributed by atoms with Crippen LogP contribution in [0, 0.1) is 11.3 Å². The number of piperazine rings is 1. The maximum atomic E-state index is 8.77. The van der Waals surface area contributed by atoms with Crippen LogP contribution in [0.1, 0.15) is 18.7 Å². The number of hydrogen-bond acceptors (Lipinski definition) is 5. The van der Waals surface area contributed by atoms with Crippen molar-refractivity contribution in [3.8, 4) is 6.07 Å². The molecule has 0 atom stereocenters. The summed E-state index contributed by atoms with van der Waals surface area (Å²) in [5.74, 6) is 1.13. The molecule has 1 aliphatic carbocycles. The lowest BCUT2D eigenvalue weighted by molar-refractivity contribution is 0.440. The molecule has 2 heterocycles. The second-order valence-electron chi connectivity index (χ2n) is 4.48. The molecule has 1 saturated carbocycles. The zero-order valence-corrected chi connectivity index (χ0v) is 8.98. The van der Waals surface area contributed by atoms with Gasteiger partial charge in [-0.3, -0.25) is 0 Å². The Balaban J connectivity index is 1.83. The molecule has 5 nitrogen and oxygen atoms in total. The third-order valence-corrected chi connectivity index (χ3v) is 3.29. The predicted molar refractivity (Wildman–Crippen MR) is 58.9 cm³/mol. The highest BCUT2D eigenvalue weighted by Gasteiger charge is 2.45. The Morgan fingerprint density at radius 3 is 3.12 bits per heavy atom. The van der Waals surface area contributed by atoms with Crippen LogP contribution in [0.25, 0.3) is 0 Å². The first kappa shape index (κ1) is 9.55. The van der Waals surface area contributed by atoms with Crippen molar-refractivity contribution in [2.24, 2.45) is 0 Å². The highest BCUT2D eigenvalue weighted by molar-refractivity contribution is 5.41. The fourth-order valence-electron chi connectivity index (χ4n) is 2.22. The van der Waals surface area contributed by atoms with E-state index in [0.717, 1.165) is 25.5 Å². The summed E-state index contributed by atoms with van der Waals surface area (Å²) in [6.45, 7) is 2.93. The van der Waals surface area contributed by atoms with Gasteiger partial charge in [-0.25, -0.2) is 9.97 Å². The van der Waals surface area contributed by atoms with Gasteiger partial charge in [-0.15, -0.1) is 0 Å². The van der Waals surface area contributed by atoms with Crippen molar-refractivity contribution in [3.63, 3.8) is 0 Å². The fourth-order valence-corrected chi connectivity index (χ4v) is 2.22. The van der Waals surface area contributed by atoms with E-state index in [1.54, 1.807) is 6.20 Å². The fraction of sp³-hybridized carbons (Fsp3) is 0.545. The van der Waals surface area contributed by atoms with E-state index in [-0.39, 0.29) is 5.82 Å². The molecular formula is C11H13N5. The van der Waals surface area contributed by atoms with Crippen LogP contribution in [0.3, 0.4) is 0 Å². The minimum Gasteiger partial charge on any atom is -0.353 e. The van der Waals surface area contributed by atoms with Crippen molar-refractivity contribution in [2.75, 3.05) is 24.5 Å². The molecule has 0 aromatic carbocycles. The third kappa shape index (κ3) is 1.61. The van der Waals surface area contributed by atoms with E-state index in [9.17, 15) is 0 Å². The van der Waals surface area contributed by atoms with E-state index in [1.165, 1.54) is 12.8 Å². The second kappa shape index (κ2) is 3.42. The summed E-state index contributed by atoms with van der Waals surface area (Å²) in [4.78, 5) is 10.4. The Labute approximate surface area is 94.1 Å². The van der Waals surface area contributed by atoms with Crippen LogP contribution in [-0.4, -0.2) is 35.1 Å². The first-order valence-electron chi connectivity index (χ1n) is 5.54. The topological polar surface area (TPSA) is 64.8 Å². The monoisotopic (exact) mass is 215 g/mol. The predicted octanol–water partition coefficient (Wildman–Crippen LogP) is 0.290. The van der Waals surface area contributed by atoms with Crippen molar-refractivity contribution in [2.45, 2.75) is 18.4 Å². The lowest BCUT2D eigenvalue weighted by atomic mass is 10.2. The highest BCUT2D eigenvalue weighted by Crippen LogP contribution is 2.38. The Hall–Kier alpha value is -1.67. The van der Waals surface area contributed by atoms with E-state index in [4.69, 9.17) is 5.26 Å². The lowest BCUT2D eigenvalue weighted by Gasteiger charge is -2.34. The molecule has 1 aromatic heterocycles. The van der Waals surface area contributed by atoms with E-state index >= 15 is 0 Å². The number of rotatable bonds is 1. The second-order valence-corrected chi connectivity index (χ2v) is 4.48. The molecule has 16 heavy (non-hydrogen) atoms. The van der Waals surface area contributed by atoms with Crippen LogP contribution in [0.2, 0.25) is 0 Å². The van der Waals surface area contributed by atoms with E-state index < -0.39 is 0 Å². The molecule has 5 heteroatoms. The largest absolute Gasteiger partial charge is 0.353 e. The van der Waals surface area contributed by atoms with Gasteiger partial charge >= 0.3 is 0 Å². The molecule has 3 rings (SSSR count). The molecule has 2 fully saturated rings. The highest BCUT2D eigenvalue weighted by atomic mass is 15.3. The van der Waals surface area contributed by atoms with Gasteiger partial charge in [0.15, 0.2) is 0 Å². The van der Waals surface area contributed by atoms with Crippen LogP contribution >= 0.6 is 0 Å². The number of nitrogens with zero attached hydrogens (tertiary/aromatic N) is 4. The number of nitrogens with one attached hydrogen (secondary N) is 1. The minimum absolute atomic E-state index is 0.251. The Kier molecular flexibility index (Phi) is 2.04. The maximum Gasteiger partial charge on any atom is 0.234 e. The molecule has 0 bridgehead atoms. The SMILES string of the molecule is N#Cc1nccc(N2CCNC3(CC3)C2)n1. The normalized spacial score (nSPS) is 21.8. The van der Waals surface area contributed by atoms with Gasteiger partial charge in [-0.2, -0.15) is 5.26 Å². The summed E-state index contributed by atoms with van der Waals surface area (Å²) >= 11 is 0. The third-order valence-electron chi connectivity index (χ3n) is 3.29. The van der Waals surface area contributed by atoms with Gasteiger partial charge in [-0.05, 0) is 18.9 Å². The number of nitriles is 1. The first-order valence-corrected chi connectivity index (χ1v) is 5.54. The number of hydrogen-bond donors (Lipinski definition) is 1. The first-order chi connectivity index (χ1) is 7.81. The molecule has 1 aromatic rings. The van der Waals surface area contributed by atoms with Gasteiger partial charge in [0.2, 0.25) is 5.82 Å². The van der Waals surface area contributed by atoms with Gasteiger partial charge in [0, 0.05) is 31.4 Å². The Morgan fingerprint density at radius 1 is 1.50 bits per heavy atom. The molecule has 1 N–H and O–H groups in total. The summed E-state index contributed by atoms with van der Waals surface area (Å²) in [6.07, 6.45) is 4.15. The van der Waals surface area contributed by atoms with Gasteiger partial charge in [0.1, 0.15) is 11.9 Å². The van der Waals surface area contributed by atoms with Gasteiger partial charge in [0.25, 0.3) is 0 Å². The molecule has 0 amide bonds. The van der Waals surface area contributed by atoms with E-state index in [2.05, 4.69) is 20.2 Å². The minimum atomic E-state index is 0.251. The number of aromatic nitrogens is 2. The zero-order valence-electron chi connectivity index (χ0n) is 8.98. The molecule has 1 spiro atoms. The van der Waals surface area contributed by atoms with Crippen molar-refractivity contribution in [1.82, 2.24) is 15.3 Å². The smallest absolute Gasteiger partial charge is 0.234 e. The lowest BCUT2D eigenvalue weighted by Crippen LogP contribution is -2.52. The molecule has 0 radical (unpaired) electrons. The maximum absolute atomic E-state index is 8.77. The summed E-state index contributed by atoms with van der Waals surface area (Å²) in [5.41, 5.74) is 0.329.